The summed E-state index contributed by atoms with van der Waals surface area (Å²) in [6.45, 7) is -1.28. The average Bonchev–Trinajstić information content (AvgIpc) is 3.90. The zero-order chi connectivity index (χ0) is 51.0. The van der Waals surface area contributed by atoms with E-state index in [1.807, 2.05) is 0 Å². The molecule has 1 aliphatic carbocycles. The highest BCUT2D eigenvalue weighted by atomic mass is 31.3. The molecule has 5 aromatic rings. The fourth-order valence-corrected chi connectivity index (χ4v) is 10.5. The first-order chi connectivity index (χ1) is 33.5. The van der Waals surface area contributed by atoms with Gasteiger partial charge in [0.05, 0.1) is 36.1 Å². The van der Waals surface area contributed by atoms with Gasteiger partial charge in [0.15, 0.2) is 22.4 Å². The molecular weight excluding hydrogens is 1000 g/mol. The number of aromatic carboxylic acids is 1. The van der Waals surface area contributed by atoms with Crippen molar-refractivity contribution in [2.75, 3.05) is 18.5 Å². The van der Waals surface area contributed by atoms with Gasteiger partial charge in [-0.2, -0.15) is 8.62 Å². The van der Waals surface area contributed by atoms with E-state index >= 15 is 0 Å². The maximum absolute atomic E-state index is 13.4. The number of nitrogens with one attached hydrogen (secondary N) is 2. The number of aliphatic hydroxyl groups is 1. The summed E-state index contributed by atoms with van der Waals surface area (Å²) in [6, 6.07) is 16.3. The fourth-order valence-electron chi connectivity index (χ4n) is 7.44. The van der Waals surface area contributed by atoms with Crippen molar-refractivity contribution >= 4 is 69.0 Å². The second-order valence-corrected chi connectivity index (χ2v) is 19.6. The summed E-state index contributed by atoms with van der Waals surface area (Å²) in [5.41, 5.74) is 0.971. The highest BCUT2D eigenvalue weighted by Gasteiger charge is 2.43. The molecule has 30 heteroatoms. The number of aromatic hydroxyl groups is 1. The van der Waals surface area contributed by atoms with E-state index in [9.17, 15) is 63.3 Å². The molecule has 8 rings (SSSR count). The molecular formula is C41H34N7O20P3. The number of phosphoric ester groups is 1. The Bertz CT molecular complexity index is 3530. The number of hydrogen-bond acceptors (Lipinski definition) is 19. The van der Waals surface area contributed by atoms with Crippen LogP contribution in [0.15, 0.2) is 94.7 Å². The molecule has 1 amide bonds. The second kappa shape index (κ2) is 19.9. The number of nitro benzene ring substituents is 1. The smallest absolute Gasteiger partial charge is 0.490 e. The monoisotopic (exact) mass is 1040 g/mol. The van der Waals surface area contributed by atoms with E-state index in [0.29, 0.717) is 16.5 Å². The standard InChI is InChI=1S/C41H34N7O20P3/c49-24-6-9-27-32(14-24)65-33-15-25(50)7-10-28(33)36(27)29-13-22(5-8-26(29)41(53)54)40(52)42-11-1-2-21-3-4-23(30(12-21)48(55)56)17-43-38-37-39(45-19-44-38)47(20-46-37)35-16-31(51)34(66-35)18-64-70(60,61)68-71(62,63)67-69(57,58)59/h3-10,12-15,19-20,31,34-35,49,51H,11,16-18H2,(H,42,52)(H,53,54)(H,60,61)(H,62,63)(H,43,44,45)(H2,57,58,59)/t31-,34+,35+/m0/s1. The molecule has 2 aromatic heterocycles. The van der Waals surface area contributed by atoms with Crippen LogP contribution in [-0.4, -0.2) is 96.6 Å². The van der Waals surface area contributed by atoms with Crippen molar-refractivity contribution in [3.63, 3.8) is 0 Å². The SMILES string of the molecule is O=C(NCC#Cc1ccc(CNc2ncnc3c2ncn3[C@H]2C[C@H](O)[C@@H](COP(=O)(O)OP(=O)(O)OP(=O)(O)O)O2)c([N+](=O)[O-])c1)c1ccc(C(=O)O)c(-c2c3ccc(=O)cc-3oc3cc(O)ccc23)c1. The number of amides is 1. The predicted molar refractivity (Wildman–Crippen MR) is 242 cm³/mol. The van der Waals surface area contributed by atoms with Crippen molar-refractivity contribution in [2.24, 2.45) is 0 Å². The van der Waals surface area contributed by atoms with E-state index < -0.39 is 65.3 Å². The Hall–Kier alpha value is -7.27. The van der Waals surface area contributed by atoms with Crippen LogP contribution in [0.3, 0.4) is 0 Å². The van der Waals surface area contributed by atoms with Gasteiger partial charge in [-0.05, 0) is 60.2 Å². The number of aliphatic hydroxyl groups excluding tert-OH is 1. The van der Waals surface area contributed by atoms with Crippen LogP contribution >= 0.6 is 23.5 Å². The van der Waals surface area contributed by atoms with E-state index in [0.717, 1.165) is 6.33 Å². The number of nitro groups is 1. The number of imidazole rings is 1. The molecule has 1 saturated heterocycles. The Morgan fingerprint density at radius 1 is 0.944 bits per heavy atom. The number of anilines is 1. The number of carbonyl (C=O) groups is 2. The zero-order valence-electron chi connectivity index (χ0n) is 35.7. The molecule has 3 aromatic carbocycles. The van der Waals surface area contributed by atoms with E-state index in [1.165, 1.54) is 83.7 Å². The normalized spacial score (nSPS) is 17.6. The third-order valence-electron chi connectivity index (χ3n) is 10.4. The molecule has 0 bridgehead atoms. The van der Waals surface area contributed by atoms with Gasteiger partial charge in [-0.15, -0.1) is 0 Å². The topological polar surface area (TPSA) is 405 Å². The predicted octanol–water partition coefficient (Wildman–Crippen LogP) is 4.40. The molecule has 9 N–H and O–H groups in total. The number of ether oxygens (including phenoxy) is 1. The Labute approximate surface area is 396 Å². The number of hydrogen-bond donors (Lipinski definition) is 9. The number of fused-ring (bicyclic) bond motifs is 3. The molecule has 0 radical (unpaired) electrons. The first-order valence-corrected chi connectivity index (χ1v) is 24.7. The maximum Gasteiger partial charge on any atom is 0.490 e. The van der Waals surface area contributed by atoms with Gasteiger partial charge in [0.1, 0.15) is 35.8 Å². The van der Waals surface area contributed by atoms with Crippen molar-refractivity contribution in [2.45, 2.75) is 31.4 Å². The average molecular weight is 1040 g/mol. The number of rotatable bonds is 16. The van der Waals surface area contributed by atoms with E-state index in [2.05, 4.69) is 50.6 Å². The molecule has 71 heavy (non-hydrogen) atoms. The van der Waals surface area contributed by atoms with E-state index in [1.54, 1.807) is 0 Å². The first-order valence-electron chi connectivity index (χ1n) is 20.2. The Morgan fingerprint density at radius 2 is 1.73 bits per heavy atom. The number of carbonyl (C=O) groups excluding carboxylic acids is 1. The van der Waals surface area contributed by atoms with Crippen LogP contribution in [0.4, 0.5) is 11.5 Å². The third kappa shape index (κ3) is 11.5. The molecule has 4 heterocycles. The number of aromatic nitrogens is 4. The number of phosphoric acid groups is 3. The summed E-state index contributed by atoms with van der Waals surface area (Å²) >= 11 is 0. The fraction of sp³-hybridized carbons (Fsp3) is 0.171. The molecule has 368 valence electrons. The minimum Gasteiger partial charge on any atom is -0.508 e. The first kappa shape index (κ1) is 50.1. The van der Waals surface area contributed by atoms with Gasteiger partial charge in [0, 0.05) is 64.4 Å². The maximum atomic E-state index is 13.4. The van der Waals surface area contributed by atoms with Crippen LogP contribution in [0.25, 0.3) is 44.6 Å². The lowest BCUT2D eigenvalue weighted by Gasteiger charge is -2.19. The van der Waals surface area contributed by atoms with Crippen molar-refractivity contribution in [1.82, 2.24) is 24.8 Å². The summed E-state index contributed by atoms with van der Waals surface area (Å²) < 4.78 is 59.6. The summed E-state index contributed by atoms with van der Waals surface area (Å²) in [5.74, 6) is 3.70. The van der Waals surface area contributed by atoms with Crippen LogP contribution < -0.4 is 16.1 Å². The van der Waals surface area contributed by atoms with Gasteiger partial charge < -0.3 is 54.7 Å². The minimum absolute atomic E-state index is 0.0567. The Balaban J connectivity index is 0.922. The highest BCUT2D eigenvalue weighted by Crippen LogP contribution is 2.66. The van der Waals surface area contributed by atoms with E-state index in [-0.39, 0.29) is 92.5 Å². The molecule has 0 saturated carbocycles. The molecule has 27 nitrogen and oxygen atoms in total. The lowest BCUT2D eigenvalue weighted by atomic mass is 9.89. The molecule has 0 spiro atoms. The molecule has 2 unspecified atom stereocenters. The lowest BCUT2D eigenvalue weighted by molar-refractivity contribution is -0.385. The van der Waals surface area contributed by atoms with Gasteiger partial charge in [0.25, 0.3) is 11.6 Å². The Kier molecular flexibility index (Phi) is 14.0. The van der Waals surface area contributed by atoms with Crippen molar-refractivity contribution in [3.05, 3.63) is 128 Å². The third-order valence-corrected chi connectivity index (χ3v) is 14.3. The summed E-state index contributed by atoms with van der Waals surface area (Å²) in [6.07, 6.45) is -1.43. The van der Waals surface area contributed by atoms with Crippen LogP contribution in [0.1, 0.15) is 44.5 Å². The van der Waals surface area contributed by atoms with Gasteiger partial charge in [-0.1, -0.05) is 11.8 Å². The van der Waals surface area contributed by atoms with Crippen molar-refractivity contribution in [3.8, 4) is 40.0 Å². The number of phenols is 1. The van der Waals surface area contributed by atoms with Crippen LogP contribution in [0.2, 0.25) is 0 Å². The molecule has 3 aliphatic rings. The van der Waals surface area contributed by atoms with Crippen molar-refractivity contribution < 1.29 is 85.4 Å². The van der Waals surface area contributed by atoms with Crippen LogP contribution in [0, 0.1) is 22.0 Å². The number of carboxylic acids is 1. The zero-order valence-corrected chi connectivity index (χ0v) is 38.3. The number of phenolic OH excluding ortho intramolecular Hbond substituents is 1. The van der Waals surface area contributed by atoms with E-state index in [4.69, 9.17) is 18.9 Å². The lowest BCUT2D eigenvalue weighted by Crippen LogP contribution is -2.26. The van der Waals surface area contributed by atoms with Gasteiger partial charge >= 0.3 is 29.4 Å². The molecule has 2 aliphatic heterocycles. The summed E-state index contributed by atoms with van der Waals surface area (Å²) in [4.78, 5) is 98.9. The number of nitrogens with zero attached hydrogens (tertiary/aromatic N) is 5. The number of carboxylic acid groups (broad SMARTS) is 1. The quantitative estimate of drug-likeness (QED) is 0.0213. The van der Waals surface area contributed by atoms with Crippen LogP contribution in [-0.2, 0) is 38.1 Å². The molecule has 1 fully saturated rings. The van der Waals surface area contributed by atoms with Gasteiger partial charge in [0.2, 0.25) is 0 Å². The van der Waals surface area contributed by atoms with Crippen LogP contribution in [0.5, 0.6) is 5.75 Å². The summed E-state index contributed by atoms with van der Waals surface area (Å²) in [7, 11) is -16.9. The summed E-state index contributed by atoms with van der Waals surface area (Å²) in [5, 5.41) is 49.0. The van der Waals surface area contributed by atoms with Gasteiger partial charge in [-0.25, -0.2) is 33.4 Å². The minimum atomic E-state index is -5.78. The van der Waals surface area contributed by atoms with Gasteiger partial charge in [-0.3, -0.25) is 28.8 Å². The second-order valence-electron chi connectivity index (χ2n) is 15.2. The highest BCUT2D eigenvalue weighted by molar-refractivity contribution is 7.66. The molecule has 5 atom stereocenters. The Morgan fingerprint density at radius 3 is 2.48 bits per heavy atom. The van der Waals surface area contributed by atoms with Crippen molar-refractivity contribution in [1.29, 1.82) is 0 Å². The largest absolute Gasteiger partial charge is 0.508 e. The number of benzene rings is 4.